The lowest BCUT2D eigenvalue weighted by Crippen LogP contribution is -2.29. The van der Waals surface area contributed by atoms with Gasteiger partial charge in [0, 0.05) is 25.6 Å². The summed E-state index contributed by atoms with van der Waals surface area (Å²) in [4.78, 5) is 8.72. The molecule has 1 aliphatic carbocycles. The Balaban J connectivity index is 1.98. The molecule has 1 aliphatic rings. The molecule has 6 nitrogen and oxygen atoms in total. The number of hydrogen-bond acceptors (Lipinski definition) is 6. The Labute approximate surface area is 120 Å². The first-order valence-corrected chi connectivity index (χ1v) is 7.46. The SMILES string of the molecule is CCc1nc(NN)cc(NCC2CCCCC2CO)n1. The average molecular weight is 279 g/mol. The van der Waals surface area contributed by atoms with E-state index in [1.807, 2.05) is 13.0 Å². The zero-order chi connectivity index (χ0) is 14.4. The van der Waals surface area contributed by atoms with Crippen molar-refractivity contribution in [1.29, 1.82) is 0 Å². The predicted octanol–water partition coefficient (Wildman–Crippen LogP) is 1.54. The van der Waals surface area contributed by atoms with Crippen molar-refractivity contribution in [3.8, 4) is 0 Å². The Hall–Kier alpha value is -1.40. The topological polar surface area (TPSA) is 96.1 Å². The summed E-state index contributed by atoms with van der Waals surface area (Å²) in [7, 11) is 0. The summed E-state index contributed by atoms with van der Waals surface area (Å²) in [5.74, 6) is 8.55. The van der Waals surface area contributed by atoms with Crippen molar-refractivity contribution in [3.05, 3.63) is 11.9 Å². The average Bonchev–Trinajstić information content (AvgIpc) is 2.52. The van der Waals surface area contributed by atoms with Crippen molar-refractivity contribution in [3.63, 3.8) is 0 Å². The van der Waals surface area contributed by atoms with Crippen LogP contribution in [0.2, 0.25) is 0 Å². The minimum atomic E-state index is 0.284. The van der Waals surface area contributed by atoms with Crippen molar-refractivity contribution in [2.24, 2.45) is 17.7 Å². The van der Waals surface area contributed by atoms with Gasteiger partial charge >= 0.3 is 0 Å². The molecule has 0 bridgehead atoms. The van der Waals surface area contributed by atoms with Crippen LogP contribution in [0.25, 0.3) is 0 Å². The summed E-state index contributed by atoms with van der Waals surface area (Å²) in [5.41, 5.74) is 2.57. The first kappa shape index (κ1) is 15.0. The lowest BCUT2D eigenvalue weighted by molar-refractivity contribution is 0.141. The van der Waals surface area contributed by atoms with Gasteiger partial charge in [-0.15, -0.1) is 0 Å². The van der Waals surface area contributed by atoms with Crippen LogP contribution in [0, 0.1) is 11.8 Å². The summed E-state index contributed by atoms with van der Waals surface area (Å²) in [6, 6.07) is 1.82. The molecule has 1 saturated carbocycles. The molecule has 2 unspecified atom stereocenters. The molecule has 1 aromatic heterocycles. The summed E-state index contributed by atoms with van der Waals surface area (Å²) < 4.78 is 0. The normalized spacial score (nSPS) is 22.6. The fourth-order valence-corrected chi connectivity index (χ4v) is 2.85. The molecule has 1 heterocycles. The van der Waals surface area contributed by atoms with Gasteiger partial charge in [-0.3, -0.25) is 0 Å². The Morgan fingerprint density at radius 3 is 2.60 bits per heavy atom. The van der Waals surface area contributed by atoms with E-state index in [0.717, 1.165) is 31.0 Å². The number of nitrogens with zero attached hydrogens (tertiary/aromatic N) is 2. The van der Waals surface area contributed by atoms with Crippen molar-refractivity contribution in [2.45, 2.75) is 39.0 Å². The number of hydrogen-bond donors (Lipinski definition) is 4. The summed E-state index contributed by atoms with van der Waals surface area (Å²) in [5, 5.41) is 12.8. The third-order valence-electron chi connectivity index (χ3n) is 4.08. The second-order valence-corrected chi connectivity index (χ2v) is 5.42. The molecule has 20 heavy (non-hydrogen) atoms. The largest absolute Gasteiger partial charge is 0.396 e. The van der Waals surface area contributed by atoms with Crippen LogP contribution in [0.4, 0.5) is 11.6 Å². The van der Waals surface area contributed by atoms with E-state index in [4.69, 9.17) is 5.84 Å². The number of aliphatic hydroxyl groups excluding tert-OH is 1. The fourth-order valence-electron chi connectivity index (χ4n) is 2.85. The molecule has 0 radical (unpaired) electrons. The first-order valence-electron chi connectivity index (χ1n) is 7.46. The van der Waals surface area contributed by atoms with Gasteiger partial charge in [0.15, 0.2) is 0 Å². The van der Waals surface area contributed by atoms with E-state index in [9.17, 15) is 5.11 Å². The van der Waals surface area contributed by atoms with E-state index < -0.39 is 0 Å². The summed E-state index contributed by atoms with van der Waals surface area (Å²) in [6.07, 6.45) is 5.56. The van der Waals surface area contributed by atoms with Gasteiger partial charge in [0.05, 0.1) is 0 Å². The van der Waals surface area contributed by atoms with Crippen molar-refractivity contribution < 1.29 is 5.11 Å². The van der Waals surface area contributed by atoms with Crippen LogP contribution in [0.15, 0.2) is 6.07 Å². The van der Waals surface area contributed by atoms with Crippen molar-refractivity contribution >= 4 is 11.6 Å². The van der Waals surface area contributed by atoms with Gasteiger partial charge in [0.1, 0.15) is 17.5 Å². The third-order valence-corrected chi connectivity index (χ3v) is 4.08. The number of nitrogens with one attached hydrogen (secondary N) is 2. The first-order chi connectivity index (χ1) is 9.76. The Morgan fingerprint density at radius 2 is 1.95 bits per heavy atom. The maximum absolute atomic E-state index is 9.44. The fraction of sp³-hybridized carbons (Fsp3) is 0.714. The lowest BCUT2D eigenvalue weighted by Gasteiger charge is -2.30. The van der Waals surface area contributed by atoms with Crippen LogP contribution < -0.4 is 16.6 Å². The van der Waals surface area contributed by atoms with Gasteiger partial charge < -0.3 is 15.8 Å². The van der Waals surface area contributed by atoms with E-state index >= 15 is 0 Å². The number of nitrogen functional groups attached to an aromatic ring is 1. The van der Waals surface area contributed by atoms with Gasteiger partial charge in [-0.1, -0.05) is 19.8 Å². The summed E-state index contributed by atoms with van der Waals surface area (Å²) >= 11 is 0. The van der Waals surface area contributed by atoms with Gasteiger partial charge in [-0.05, 0) is 24.7 Å². The zero-order valence-corrected chi connectivity index (χ0v) is 12.1. The number of aryl methyl sites for hydroxylation is 1. The van der Waals surface area contributed by atoms with Crippen LogP contribution in [0.1, 0.15) is 38.4 Å². The van der Waals surface area contributed by atoms with E-state index in [2.05, 4.69) is 20.7 Å². The van der Waals surface area contributed by atoms with E-state index in [1.54, 1.807) is 0 Å². The molecule has 2 rings (SSSR count). The van der Waals surface area contributed by atoms with Crippen molar-refractivity contribution in [1.82, 2.24) is 9.97 Å². The molecule has 0 saturated heterocycles. The highest BCUT2D eigenvalue weighted by atomic mass is 16.3. The molecular formula is C14H25N5O. The smallest absolute Gasteiger partial charge is 0.145 e. The highest BCUT2D eigenvalue weighted by molar-refractivity contribution is 5.46. The number of nitrogens with two attached hydrogens (primary N) is 1. The van der Waals surface area contributed by atoms with Crippen LogP contribution in [-0.2, 0) is 6.42 Å². The predicted molar refractivity (Wildman–Crippen MR) is 80.2 cm³/mol. The van der Waals surface area contributed by atoms with E-state index in [-0.39, 0.29) is 6.61 Å². The van der Waals surface area contributed by atoms with Crippen LogP contribution in [0.3, 0.4) is 0 Å². The minimum Gasteiger partial charge on any atom is -0.396 e. The monoisotopic (exact) mass is 279 g/mol. The second kappa shape index (κ2) is 7.40. The quantitative estimate of drug-likeness (QED) is 0.466. The zero-order valence-electron chi connectivity index (χ0n) is 12.1. The maximum Gasteiger partial charge on any atom is 0.145 e. The number of aromatic nitrogens is 2. The molecule has 6 heteroatoms. The van der Waals surface area contributed by atoms with Crippen LogP contribution in [0.5, 0.6) is 0 Å². The van der Waals surface area contributed by atoms with E-state index in [1.165, 1.54) is 19.3 Å². The molecule has 112 valence electrons. The minimum absolute atomic E-state index is 0.284. The molecule has 2 atom stereocenters. The number of hydrazine groups is 1. The number of aliphatic hydroxyl groups is 1. The number of rotatable bonds is 6. The van der Waals surface area contributed by atoms with Gasteiger partial charge in [-0.25, -0.2) is 15.8 Å². The van der Waals surface area contributed by atoms with Gasteiger partial charge in [-0.2, -0.15) is 0 Å². The molecule has 1 aromatic rings. The molecular weight excluding hydrogens is 254 g/mol. The van der Waals surface area contributed by atoms with Gasteiger partial charge in [0.2, 0.25) is 0 Å². The lowest BCUT2D eigenvalue weighted by atomic mass is 9.79. The Kier molecular flexibility index (Phi) is 5.55. The molecule has 0 amide bonds. The van der Waals surface area contributed by atoms with E-state index in [0.29, 0.717) is 17.7 Å². The Morgan fingerprint density at radius 1 is 1.25 bits per heavy atom. The standard InChI is InChI=1S/C14H25N5O/c1-2-12-17-13(7-14(18-12)19-15)16-8-10-5-3-4-6-11(10)9-20/h7,10-11,20H,2-6,8-9,15H2,1H3,(H2,16,17,18,19). The molecule has 0 aromatic carbocycles. The highest BCUT2D eigenvalue weighted by Crippen LogP contribution is 2.29. The third kappa shape index (κ3) is 3.80. The second-order valence-electron chi connectivity index (χ2n) is 5.42. The van der Waals surface area contributed by atoms with Crippen molar-refractivity contribution in [2.75, 3.05) is 23.9 Å². The maximum atomic E-state index is 9.44. The molecule has 0 aliphatic heterocycles. The highest BCUT2D eigenvalue weighted by Gasteiger charge is 2.24. The Bertz CT molecular complexity index is 404. The van der Waals surface area contributed by atoms with Gasteiger partial charge in [0.25, 0.3) is 0 Å². The van der Waals surface area contributed by atoms with Crippen LogP contribution in [-0.4, -0.2) is 28.2 Å². The number of anilines is 2. The summed E-state index contributed by atoms with van der Waals surface area (Å²) in [6.45, 7) is 3.14. The molecule has 1 fully saturated rings. The molecule has 5 N–H and O–H groups in total. The van der Waals surface area contributed by atoms with Crippen LogP contribution >= 0.6 is 0 Å². The molecule has 0 spiro atoms.